The second kappa shape index (κ2) is 3.40. The average molecular weight is 252 g/mol. The normalized spacial score (nSPS) is 35.0. The van der Waals surface area contributed by atoms with Gasteiger partial charge in [-0.15, -0.1) is 0 Å². The highest BCUT2D eigenvalue weighted by molar-refractivity contribution is 5.52. The Bertz CT molecular complexity index is 495. The van der Waals surface area contributed by atoms with E-state index in [-0.39, 0.29) is 17.9 Å². The van der Waals surface area contributed by atoms with Gasteiger partial charge in [-0.3, -0.25) is 9.88 Å². The van der Waals surface area contributed by atoms with Gasteiger partial charge in [-0.05, 0) is 12.8 Å². The lowest BCUT2D eigenvalue weighted by atomic mass is 9.89. The summed E-state index contributed by atoms with van der Waals surface area (Å²) in [7, 11) is 0. The van der Waals surface area contributed by atoms with Gasteiger partial charge in [0.25, 0.3) is 0 Å². The van der Waals surface area contributed by atoms with Crippen molar-refractivity contribution in [3.8, 4) is 11.8 Å². The van der Waals surface area contributed by atoms with E-state index in [4.69, 9.17) is 9.47 Å². The number of ether oxygens (including phenoxy) is 2. The van der Waals surface area contributed by atoms with Gasteiger partial charge in [0.1, 0.15) is 0 Å². The molecule has 2 bridgehead atoms. The summed E-state index contributed by atoms with van der Waals surface area (Å²) in [6.07, 6.45) is 1.64. The molecule has 1 aromatic rings. The first kappa shape index (κ1) is 10.7. The molecular formula is C12H16N2O4. The number of rotatable bonds is 1. The fraction of sp³-hybridized carbons (Fsp3) is 0.667. The third kappa shape index (κ3) is 1.13. The van der Waals surface area contributed by atoms with Gasteiger partial charge < -0.3 is 19.7 Å². The van der Waals surface area contributed by atoms with Gasteiger partial charge in [-0.25, -0.2) is 0 Å². The van der Waals surface area contributed by atoms with E-state index in [1.54, 1.807) is 0 Å². The van der Waals surface area contributed by atoms with Gasteiger partial charge in [0, 0.05) is 13.1 Å². The molecule has 0 spiro atoms. The van der Waals surface area contributed by atoms with E-state index in [1.165, 1.54) is 0 Å². The van der Waals surface area contributed by atoms with Crippen LogP contribution in [0.4, 0.5) is 0 Å². The highest BCUT2D eigenvalue weighted by Gasteiger charge is 2.58. The predicted molar refractivity (Wildman–Crippen MR) is 61.3 cm³/mol. The van der Waals surface area contributed by atoms with Crippen LogP contribution >= 0.6 is 0 Å². The molecule has 1 aromatic heterocycles. The largest absolute Gasteiger partial charge is 0.494 e. The van der Waals surface area contributed by atoms with Crippen molar-refractivity contribution in [3.05, 3.63) is 11.1 Å². The van der Waals surface area contributed by atoms with E-state index in [2.05, 4.69) is 9.88 Å². The Balaban J connectivity index is 1.83. The van der Waals surface area contributed by atoms with Gasteiger partial charge in [-0.2, -0.15) is 0 Å². The van der Waals surface area contributed by atoms with Crippen LogP contribution in [0.15, 0.2) is 0 Å². The Morgan fingerprint density at radius 1 is 1.22 bits per heavy atom. The monoisotopic (exact) mass is 252 g/mol. The van der Waals surface area contributed by atoms with Gasteiger partial charge in [0.2, 0.25) is 0 Å². The van der Waals surface area contributed by atoms with Crippen LogP contribution in [0.25, 0.3) is 0 Å². The molecule has 4 rings (SSSR count). The minimum atomic E-state index is -0.564. The lowest BCUT2D eigenvalue weighted by Gasteiger charge is -2.40. The Kier molecular flexibility index (Phi) is 2.02. The quantitative estimate of drug-likeness (QED) is 0.688. The van der Waals surface area contributed by atoms with Crippen molar-refractivity contribution in [1.82, 2.24) is 9.88 Å². The molecule has 3 aliphatic heterocycles. The predicted octanol–water partition coefficient (Wildman–Crippen LogP) is 0.776. The first-order valence-corrected chi connectivity index (χ1v) is 6.37. The molecule has 0 aliphatic carbocycles. The van der Waals surface area contributed by atoms with Crippen molar-refractivity contribution >= 4 is 0 Å². The molecule has 3 N–H and O–H groups in total. The summed E-state index contributed by atoms with van der Waals surface area (Å²) < 4.78 is 11.5. The van der Waals surface area contributed by atoms with Crippen LogP contribution in [-0.2, 0) is 15.2 Å². The number of aromatic hydroxyl groups is 2. The molecule has 98 valence electrons. The lowest BCUT2D eigenvalue weighted by Crippen LogP contribution is -2.50. The molecule has 2 atom stereocenters. The molecule has 4 heterocycles. The number of H-pyrrole nitrogens is 1. The van der Waals surface area contributed by atoms with Crippen LogP contribution in [0.2, 0.25) is 0 Å². The maximum absolute atomic E-state index is 10.0. The molecule has 0 saturated carbocycles. The van der Waals surface area contributed by atoms with E-state index >= 15 is 0 Å². The second-order valence-electron chi connectivity index (χ2n) is 5.14. The standard InChI is InChI=1S/C12H16N2O4/c15-10-8-7-1-2-12(18-7,9(8)11(16)13-10)14-3-5-17-6-4-14/h7,13,15-16H,1-6H2. The minimum absolute atomic E-state index is 0.0381. The molecule has 0 aromatic carbocycles. The maximum atomic E-state index is 10.0. The van der Waals surface area contributed by atoms with Crippen LogP contribution in [0.1, 0.15) is 30.1 Å². The molecule has 2 unspecified atom stereocenters. The summed E-state index contributed by atoms with van der Waals surface area (Å²) in [5.41, 5.74) is 0.911. The lowest BCUT2D eigenvalue weighted by molar-refractivity contribution is -0.163. The number of aromatic amines is 1. The number of aromatic nitrogens is 1. The molecule has 2 saturated heterocycles. The van der Waals surface area contributed by atoms with Crippen LogP contribution in [0.3, 0.4) is 0 Å². The topological polar surface area (TPSA) is 78.0 Å². The summed E-state index contributed by atoms with van der Waals surface area (Å²) >= 11 is 0. The SMILES string of the molecule is Oc1[nH]c(O)c2c1C1CCC2(N2CCOCC2)O1. The maximum Gasteiger partial charge on any atom is 0.199 e. The van der Waals surface area contributed by atoms with Gasteiger partial charge >= 0.3 is 0 Å². The van der Waals surface area contributed by atoms with E-state index in [0.29, 0.717) is 13.2 Å². The third-order valence-electron chi connectivity index (χ3n) is 4.32. The zero-order chi connectivity index (χ0) is 12.3. The molecule has 2 fully saturated rings. The smallest absolute Gasteiger partial charge is 0.199 e. The van der Waals surface area contributed by atoms with Crippen molar-refractivity contribution in [2.45, 2.75) is 24.7 Å². The highest BCUT2D eigenvalue weighted by Crippen LogP contribution is 2.61. The van der Waals surface area contributed by atoms with Crippen molar-refractivity contribution in [3.63, 3.8) is 0 Å². The average Bonchev–Trinajstić information content (AvgIpc) is 3.03. The fourth-order valence-corrected chi connectivity index (χ4v) is 3.58. The number of hydrogen-bond donors (Lipinski definition) is 3. The number of nitrogens with one attached hydrogen (secondary N) is 1. The van der Waals surface area contributed by atoms with Crippen LogP contribution < -0.4 is 0 Å². The van der Waals surface area contributed by atoms with E-state index in [9.17, 15) is 10.2 Å². The number of fused-ring (bicyclic) bond motifs is 5. The first-order valence-electron chi connectivity index (χ1n) is 6.37. The zero-order valence-electron chi connectivity index (χ0n) is 9.98. The molecule has 0 radical (unpaired) electrons. The summed E-state index contributed by atoms with van der Waals surface area (Å²) in [4.78, 5) is 4.83. The highest BCUT2D eigenvalue weighted by atomic mass is 16.5. The molecule has 18 heavy (non-hydrogen) atoms. The van der Waals surface area contributed by atoms with Crippen molar-refractivity contribution < 1.29 is 19.7 Å². The number of morpholine rings is 1. The van der Waals surface area contributed by atoms with E-state index in [0.717, 1.165) is 37.1 Å². The molecule has 3 aliphatic rings. The Hall–Kier alpha value is -1.24. The van der Waals surface area contributed by atoms with Crippen LogP contribution in [-0.4, -0.2) is 46.4 Å². The molecular weight excluding hydrogens is 236 g/mol. The summed E-state index contributed by atoms with van der Waals surface area (Å²) in [6, 6.07) is 0. The Labute approximate surface area is 104 Å². The Morgan fingerprint density at radius 3 is 2.78 bits per heavy atom. The fourth-order valence-electron chi connectivity index (χ4n) is 3.58. The van der Waals surface area contributed by atoms with Crippen LogP contribution in [0.5, 0.6) is 11.8 Å². The van der Waals surface area contributed by atoms with Gasteiger partial charge in [0.15, 0.2) is 17.5 Å². The number of nitrogens with zero attached hydrogens (tertiary/aromatic N) is 1. The summed E-state index contributed by atoms with van der Waals surface area (Å²) in [5.74, 6) is 0.0820. The summed E-state index contributed by atoms with van der Waals surface area (Å²) in [5, 5.41) is 19.9. The summed E-state index contributed by atoms with van der Waals surface area (Å²) in [6.45, 7) is 2.94. The third-order valence-corrected chi connectivity index (χ3v) is 4.32. The van der Waals surface area contributed by atoms with Crippen LogP contribution in [0, 0.1) is 0 Å². The van der Waals surface area contributed by atoms with Crippen molar-refractivity contribution in [2.24, 2.45) is 0 Å². The minimum Gasteiger partial charge on any atom is -0.494 e. The Morgan fingerprint density at radius 2 is 2.00 bits per heavy atom. The number of hydrogen-bond acceptors (Lipinski definition) is 5. The van der Waals surface area contributed by atoms with E-state index < -0.39 is 5.72 Å². The van der Waals surface area contributed by atoms with Gasteiger partial charge in [0.05, 0.1) is 30.4 Å². The molecule has 6 heteroatoms. The molecule has 6 nitrogen and oxygen atoms in total. The van der Waals surface area contributed by atoms with E-state index in [1.807, 2.05) is 0 Å². The zero-order valence-corrected chi connectivity index (χ0v) is 9.98. The van der Waals surface area contributed by atoms with Gasteiger partial charge in [-0.1, -0.05) is 0 Å². The van der Waals surface area contributed by atoms with Crippen molar-refractivity contribution in [1.29, 1.82) is 0 Å². The first-order chi connectivity index (χ1) is 8.72. The second-order valence-corrected chi connectivity index (χ2v) is 5.14. The van der Waals surface area contributed by atoms with Crippen molar-refractivity contribution in [2.75, 3.05) is 26.3 Å². The molecule has 0 amide bonds.